The third-order valence-electron chi connectivity index (χ3n) is 3.04. The molecule has 0 aliphatic heterocycles. The molecule has 124 valence electrons. The number of sulfonamides is 1. The van der Waals surface area contributed by atoms with Gasteiger partial charge in [-0.25, -0.2) is 8.42 Å². The standard InChI is InChI=1S/C16H21N3O3S/c1-4-19(12-13(2)11-17)16(20)10-7-14-5-8-15(9-6-14)18-23(3,21)22/h5-10,13,18H,4,12H2,1-3H3/b10-7+/t13-/m0/s1. The Hall–Kier alpha value is -2.33. The number of carbonyl (C=O) groups excluding carboxylic acids is 1. The fourth-order valence-electron chi connectivity index (χ4n) is 1.90. The first-order valence-corrected chi connectivity index (χ1v) is 9.08. The maximum atomic E-state index is 12.1. The van der Waals surface area contributed by atoms with Crippen molar-refractivity contribution >= 4 is 27.7 Å². The highest BCUT2D eigenvalue weighted by Gasteiger charge is 2.11. The van der Waals surface area contributed by atoms with Crippen LogP contribution in [0.2, 0.25) is 0 Å². The summed E-state index contributed by atoms with van der Waals surface area (Å²) in [6, 6.07) is 8.79. The second-order valence-electron chi connectivity index (χ2n) is 5.24. The van der Waals surface area contributed by atoms with Crippen molar-refractivity contribution in [1.82, 2.24) is 4.90 Å². The number of hydrogen-bond acceptors (Lipinski definition) is 4. The largest absolute Gasteiger partial charge is 0.338 e. The predicted octanol–water partition coefficient (Wildman–Crippen LogP) is 2.08. The van der Waals surface area contributed by atoms with Crippen LogP contribution in [0, 0.1) is 17.2 Å². The third-order valence-corrected chi connectivity index (χ3v) is 3.65. The number of nitrogens with one attached hydrogen (secondary N) is 1. The monoisotopic (exact) mass is 335 g/mol. The highest BCUT2D eigenvalue weighted by atomic mass is 32.2. The van der Waals surface area contributed by atoms with Crippen LogP contribution in [0.4, 0.5) is 5.69 Å². The summed E-state index contributed by atoms with van der Waals surface area (Å²) in [5.41, 5.74) is 1.25. The Balaban J connectivity index is 2.72. The van der Waals surface area contributed by atoms with Crippen LogP contribution in [0.15, 0.2) is 30.3 Å². The molecule has 0 heterocycles. The number of rotatable bonds is 7. The number of hydrogen-bond donors (Lipinski definition) is 1. The van der Waals surface area contributed by atoms with Crippen LogP contribution in [0.1, 0.15) is 19.4 Å². The zero-order valence-electron chi connectivity index (χ0n) is 13.5. The molecular weight excluding hydrogens is 314 g/mol. The van der Waals surface area contributed by atoms with Crippen molar-refractivity contribution < 1.29 is 13.2 Å². The minimum absolute atomic E-state index is 0.159. The zero-order chi connectivity index (χ0) is 17.5. The molecular formula is C16H21N3O3S. The first-order valence-electron chi connectivity index (χ1n) is 7.19. The van der Waals surface area contributed by atoms with Gasteiger partial charge in [-0.1, -0.05) is 12.1 Å². The molecule has 0 fully saturated rings. The quantitative estimate of drug-likeness (QED) is 0.772. The molecule has 6 nitrogen and oxygen atoms in total. The highest BCUT2D eigenvalue weighted by molar-refractivity contribution is 7.92. The number of anilines is 1. The summed E-state index contributed by atoms with van der Waals surface area (Å²) in [4.78, 5) is 13.7. The number of carbonyl (C=O) groups is 1. The fourth-order valence-corrected chi connectivity index (χ4v) is 2.46. The topological polar surface area (TPSA) is 90.3 Å². The van der Waals surface area contributed by atoms with E-state index >= 15 is 0 Å². The van der Waals surface area contributed by atoms with Crippen LogP contribution in [-0.2, 0) is 14.8 Å². The number of likely N-dealkylation sites (N-methyl/N-ethyl adjacent to an activating group) is 1. The summed E-state index contributed by atoms with van der Waals surface area (Å²) in [7, 11) is -3.30. The van der Waals surface area contributed by atoms with Gasteiger partial charge >= 0.3 is 0 Å². The van der Waals surface area contributed by atoms with Crippen LogP contribution in [0.5, 0.6) is 0 Å². The second kappa shape index (κ2) is 8.34. The van der Waals surface area contributed by atoms with Crippen LogP contribution < -0.4 is 4.72 Å². The first kappa shape index (κ1) is 18.7. The molecule has 7 heteroatoms. The minimum atomic E-state index is -3.30. The molecule has 23 heavy (non-hydrogen) atoms. The van der Waals surface area contributed by atoms with E-state index < -0.39 is 10.0 Å². The van der Waals surface area contributed by atoms with Crippen molar-refractivity contribution in [2.75, 3.05) is 24.1 Å². The number of nitriles is 1. The molecule has 0 aliphatic rings. The van der Waals surface area contributed by atoms with Crippen molar-refractivity contribution in [1.29, 1.82) is 5.26 Å². The Labute approximate surface area is 137 Å². The molecule has 1 aromatic rings. The Morgan fingerprint density at radius 2 is 2.00 bits per heavy atom. The SMILES string of the molecule is CCN(C[C@@H](C)C#N)C(=O)/C=C/c1ccc(NS(C)(=O)=O)cc1. The molecule has 0 saturated heterocycles. The van der Waals surface area contributed by atoms with Gasteiger partial charge in [0.2, 0.25) is 15.9 Å². The Morgan fingerprint density at radius 3 is 2.48 bits per heavy atom. The van der Waals surface area contributed by atoms with E-state index in [0.717, 1.165) is 11.8 Å². The van der Waals surface area contributed by atoms with Gasteiger partial charge in [0.1, 0.15) is 0 Å². The van der Waals surface area contributed by atoms with E-state index in [4.69, 9.17) is 5.26 Å². The van der Waals surface area contributed by atoms with Crippen molar-refractivity contribution in [2.24, 2.45) is 5.92 Å². The predicted molar refractivity (Wildman–Crippen MR) is 91.0 cm³/mol. The molecule has 1 atom stereocenters. The van der Waals surface area contributed by atoms with E-state index in [-0.39, 0.29) is 11.8 Å². The van der Waals surface area contributed by atoms with E-state index in [1.165, 1.54) is 6.08 Å². The van der Waals surface area contributed by atoms with E-state index in [1.54, 1.807) is 42.2 Å². The lowest BCUT2D eigenvalue weighted by Crippen LogP contribution is -2.32. The number of benzene rings is 1. The molecule has 1 N–H and O–H groups in total. The molecule has 0 radical (unpaired) electrons. The van der Waals surface area contributed by atoms with Gasteiger partial charge in [0.25, 0.3) is 0 Å². The van der Waals surface area contributed by atoms with E-state index in [0.29, 0.717) is 18.8 Å². The molecule has 0 saturated carbocycles. The van der Waals surface area contributed by atoms with Gasteiger partial charge in [0.15, 0.2) is 0 Å². The van der Waals surface area contributed by atoms with Gasteiger partial charge in [0.05, 0.1) is 18.2 Å². The average molecular weight is 335 g/mol. The van der Waals surface area contributed by atoms with Gasteiger partial charge in [-0.2, -0.15) is 5.26 Å². The van der Waals surface area contributed by atoms with Gasteiger partial charge in [-0.3, -0.25) is 9.52 Å². The van der Waals surface area contributed by atoms with Crippen molar-refractivity contribution in [3.05, 3.63) is 35.9 Å². The Kier molecular flexibility index (Phi) is 6.79. The van der Waals surface area contributed by atoms with Crippen molar-refractivity contribution in [3.63, 3.8) is 0 Å². The van der Waals surface area contributed by atoms with Gasteiger partial charge in [0, 0.05) is 24.9 Å². The molecule has 1 rings (SSSR count). The van der Waals surface area contributed by atoms with E-state index in [1.807, 2.05) is 6.92 Å². The average Bonchev–Trinajstić information content (AvgIpc) is 2.49. The molecule has 0 aromatic heterocycles. The molecule has 1 amide bonds. The Bertz CT molecular complexity index is 703. The van der Waals surface area contributed by atoms with Crippen LogP contribution in [-0.4, -0.2) is 38.6 Å². The summed E-state index contributed by atoms with van der Waals surface area (Å²) >= 11 is 0. The summed E-state index contributed by atoms with van der Waals surface area (Å²) in [6.45, 7) is 4.56. The second-order valence-corrected chi connectivity index (χ2v) is 6.99. The molecule has 0 aliphatic carbocycles. The van der Waals surface area contributed by atoms with Crippen molar-refractivity contribution in [2.45, 2.75) is 13.8 Å². The van der Waals surface area contributed by atoms with E-state index in [9.17, 15) is 13.2 Å². The maximum Gasteiger partial charge on any atom is 0.246 e. The number of nitrogens with zero attached hydrogens (tertiary/aromatic N) is 2. The first-order chi connectivity index (χ1) is 10.7. The summed E-state index contributed by atoms with van der Waals surface area (Å²) in [5, 5.41) is 8.82. The van der Waals surface area contributed by atoms with Gasteiger partial charge in [-0.15, -0.1) is 0 Å². The highest BCUT2D eigenvalue weighted by Crippen LogP contribution is 2.12. The molecule has 1 aromatic carbocycles. The lowest BCUT2D eigenvalue weighted by molar-refractivity contribution is -0.126. The van der Waals surface area contributed by atoms with Crippen LogP contribution >= 0.6 is 0 Å². The van der Waals surface area contributed by atoms with Gasteiger partial charge < -0.3 is 4.90 Å². The smallest absolute Gasteiger partial charge is 0.246 e. The lowest BCUT2D eigenvalue weighted by atomic mass is 10.1. The Morgan fingerprint density at radius 1 is 1.39 bits per heavy atom. The minimum Gasteiger partial charge on any atom is -0.338 e. The molecule has 0 unspecified atom stereocenters. The summed E-state index contributed by atoms with van der Waals surface area (Å²) in [5.74, 6) is -0.374. The van der Waals surface area contributed by atoms with E-state index in [2.05, 4.69) is 10.8 Å². The normalized spacial score (nSPS) is 12.6. The molecule has 0 bridgehead atoms. The van der Waals surface area contributed by atoms with Crippen LogP contribution in [0.25, 0.3) is 6.08 Å². The van der Waals surface area contributed by atoms with Crippen LogP contribution in [0.3, 0.4) is 0 Å². The zero-order valence-corrected chi connectivity index (χ0v) is 14.3. The number of amides is 1. The third kappa shape index (κ3) is 6.98. The fraction of sp³-hybridized carbons (Fsp3) is 0.375. The van der Waals surface area contributed by atoms with Crippen molar-refractivity contribution in [3.8, 4) is 6.07 Å². The summed E-state index contributed by atoms with van der Waals surface area (Å²) in [6.07, 6.45) is 4.19. The van der Waals surface area contributed by atoms with Gasteiger partial charge in [-0.05, 0) is 37.6 Å². The summed E-state index contributed by atoms with van der Waals surface area (Å²) < 4.78 is 24.6. The molecule has 0 spiro atoms. The lowest BCUT2D eigenvalue weighted by Gasteiger charge is -2.20. The maximum absolute atomic E-state index is 12.1.